The van der Waals surface area contributed by atoms with Gasteiger partial charge in [-0.2, -0.15) is 9.97 Å². The molecule has 4 aliphatic rings. The second-order valence-electron chi connectivity index (χ2n) is 15.3. The standard InChI is InChI=1S/C44H36N4/c1-44(2)37-23-33-31-19-25-17-28(31)20-29(18-25)32(33)21-34(37)35-22-36-30-15-9-10-16-39(30)48(40(36)24-38(35)44)43-46-41(26-11-5-3-6-12-26)45-42(47-43)27-13-7-4-8-14-27/h3-16,21-25,28-29,31H,17-20H2,1-2H3. The molecule has 7 aromatic rings. The van der Waals surface area contributed by atoms with E-state index in [1.165, 1.54) is 58.7 Å². The summed E-state index contributed by atoms with van der Waals surface area (Å²) in [6, 6.07) is 39.5. The fraction of sp³-hybridized carbons (Fsp3) is 0.250. The van der Waals surface area contributed by atoms with Gasteiger partial charge in [-0.05, 0) is 101 Å². The molecule has 4 heteroatoms. The average molecular weight is 621 g/mol. The molecule has 0 saturated heterocycles. The van der Waals surface area contributed by atoms with Crippen molar-refractivity contribution in [2.45, 2.75) is 56.8 Å². The van der Waals surface area contributed by atoms with Gasteiger partial charge in [0.05, 0.1) is 11.0 Å². The number of para-hydroxylation sites is 1. The highest BCUT2D eigenvalue weighted by atomic mass is 15.2. The topological polar surface area (TPSA) is 43.6 Å². The quantitative estimate of drug-likeness (QED) is 0.197. The molecule has 2 heterocycles. The van der Waals surface area contributed by atoms with E-state index in [0.29, 0.717) is 17.6 Å². The van der Waals surface area contributed by atoms with Gasteiger partial charge in [-0.25, -0.2) is 4.98 Å². The molecule has 2 aromatic heterocycles. The lowest BCUT2D eigenvalue weighted by Gasteiger charge is -2.37. The largest absolute Gasteiger partial charge is 0.278 e. The molecule has 4 nitrogen and oxygen atoms in total. The first-order valence-corrected chi connectivity index (χ1v) is 17.6. The second-order valence-corrected chi connectivity index (χ2v) is 15.3. The lowest BCUT2D eigenvalue weighted by atomic mass is 9.67. The highest BCUT2D eigenvalue weighted by Gasteiger charge is 2.48. The minimum atomic E-state index is -0.104. The Morgan fingerprint density at radius 1 is 0.583 bits per heavy atom. The van der Waals surface area contributed by atoms with Crippen LogP contribution in [0.1, 0.15) is 73.6 Å². The van der Waals surface area contributed by atoms with Crippen molar-refractivity contribution in [1.29, 1.82) is 0 Å². The van der Waals surface area contributed by atoms with Crippen LogP contribution in [0.4, 0.5) is 0 Å². The molecule has 2 saturated carbocycles. The molecule has 0 aliphatic heterocycles. The molecule has 0 spiro atoms. The summed E-state index contributed by atoms with van der Waals surface area (Å²) in [4.78, 5) is 15.3. The SMILES string of the molecule is CC1(C)c2cc3c(cc2-c2cc4c5ccccc5n(-c5nc(-c6ccccc6)nc(-c6ccccc6)n5)c4cc21)C1CC2CC(C1)C3C2. The summed E-state index contributed by atoms with van der Waals surface area (Å²) in [5, 5.41) is 2.46. The number of hydrogen-bond donors (Lipinski definition) is 0. The Labute approximate surface area is 280 Å². The number of benzene rings is 5. The van der Waals surface area contributed by atoms with E-state index in [9.17, 15) is 0 Å². The van der Waals surface area contributed by atoms with Crippen LogP contribution >= 0.6 is 0 Å². The number of aromatic nitrogens is 4. The van der Waals surface area contributed by atoms with Crippen LogP contribution in [0.3, 0.4) is 0 Å². The summed E-state index contributed by atoms with van der Waals surface area (Å²) < 4.78 is 2.27. The molecule has 4 unspecified atom stereocenters. The Kier molecular flexibility index (Phi) is 5.33. The molecule has 4 aliphatic carbocycles. The predicted molar refractivity (Wildman–Crippen MR) is 194 cm³/mol. The molecule has 2 fully saturated rings. The second kappa shape index (κ2) is 9.50. The van der Waals surface area contributed by atoms with E-state index in [4.69, 9.17) is 15.0 Å². The lowest BCUT2D eigenvalue weighted by Crippen LogP contribution is -2.23. The Morgan fingerprint density at radius 2 is 1.25 bits per heavy atom. The molecule has 0 radical (unpaired) electrons. The van der Waals surface area contributed by atoms with Gasteiger partial charge < -0.3 is 0 Å². The first-order valence-electron chi connectivity index (χ1n) is 17.6. The van der Waals surface area contributed by atoms with E-state index in [2.05, 4.69) is 91.2 Å². The molecule has 232 valence electrons. The zero-order valence-electron chi connectivity index (χ0n) is 27.3. The van der Waals surface area contributed by atoms with Crippen LogP contribution in [0, 0.1) is 11.8 Å². The smallest absolute Gasteiger partial charge is 0.238 e. The zero-order valence-corrected chi connectivity index (χ0v) is 27.3. The van der Waals surface area contributed by atoms with Gasteiger partial charge in [0.25, 0.3) is 0 Å². The highest BCUT2D eigenvalue weighted by Crippen LogP contribution is 2.62. The number of nitrogens with zero attached hydrogens (tertiary/aromatic N) is 4. The summed E-state index contributed by atoms with van der Waals surface area (Å²) in [7, 11) is 0. The third kappa shape index (κ3) is 3.63. The van der Waals surface area contributed by atoms with Crippen molar-refractivity contribution in [3.63, 3.8) is 0 Å². The number of fused-ring (bicyclic) bond motifs is 11. The fourth-order valence-electron chi connectivity index (χ4n) is 10.3. The van der Waals surface area contributed by atoms with Gasteiger partial charge in [0.1, 0.15) is 0 Å². The van der Waals surface area contributed by atoms with Crippen molar-refractivity contribution in [2.24, 2.45) is 11.8 Å². The van der Waals surface area contributed by atoms with E-state index in [-0.39, 0.29) is 5.41 Å². The van der Waals surface area contributed by atoms with Crippen molar-refractivity contribution < 1.29 is 0 Å². The van der Waals surface area contributed by atoms with Crippen molar-refractivity contribution in [3.8, 4) is 39.9 Å². The zero-order chi connectivity index (χ0) is 31.7. The van der Waals surface area contributed by atoms with Gasteiger partial charge in [0, 0.05) is 27.3 Å². The number of hydrogen-bond acceptors (Lipinski definition) is 3. The monoisotopic (exact) mass is 620 g/mol. The van der Waals surface area contributed by atoms with E-state index in [1.807, 2.05) is 36.4 Å². The Bertz CT molecular complexity index is 2400. The van der Waals surface area contributed by atoms with Gasteiger partial charge in [-0.3, -0.25) is 4.57 Å². The highest BCUT2D eigenvalue weighted by molar-refractivity contribution is 6.11. The van der Waals surface area contributed by atoms with Crippen molar-refractivity contribution in [3.05, 3.63) is 131 Å². The first-order chi connectivity index (χ1) is 23.5. The van der Waals surface area contributed by atoms with E-state index < -0.39 is 0 Å². The van der Waals surface area contributed by atoms with Crippen LogP contribution in [0.15, 0.2) is 109 Å². The molecule has 4 atom stereocenters. The van der Waals surface area contributed by atoms with Crippen LogP contribution < -0.4 is 0 Å². The first kappa shape index (κ1) is 26.9. The maximum absolute atomic E-state index is 5.18. The van der Waals surface area contributed by atoms with Crippen molar-refractivity contribution in [2.75, 3.05) is 0 Å². The number of rotatable bonds is 3. The molecular weight excluding hydrogens is 585 g/mol. The summed E-state index contributed by atoms with van der Waals surface area (Å²) in [6.07, 6.45) is 5.65. The van der Waals surface area contributed by atoms with Crippen molar-refractivity contribution in [1.82, 2.24) is 19.5 Å². The fourth-order valence-corrected chi connectivity index (χ4v) is 10.3. The summed E-state index contributed by atoms with van der Waals surface area (Å²) in [6.45, 7) is 4.86. The van der Waals surface area contributed by atoms with E-state index >= 15 is 0 Å². The Balaban J connectivity index is 1.16. The molecule has 0 amide bonds. The maximum atomic E-state index is 5.18. The van der Waals surface area contributed by atoms with Gasteiger partial charge in [0.15, 0.2) is 11.6 Å². The maximum Gasteiger partial charge on any atom is 0.238 e. The predicted octanol–water partition coefficient (Wildman–Crippen LogP) is 10.6. The van der Waals surface area contributed by atoms with Crippen LogP contribution in [0.2, 0.25) is 0 Å². The Hall–Kier alpha value is -5.09. The Morgan fingerprint density at radius 3 is 2.00 bits per heavy atom. The van der Waals surface area contributed by atoms with Crippen molar-refractivity contribution >= 4 is 21.8 Å². The molecule has 48 heavy (non-hydrogen) atoms. The van der Waals surface area contributed by atoms with Crippen LogP contribution in [-0.2, 0) is 5.41 Å². The minimum Gasteiger partial charge on any atom is -0.278 e. The molecule has 3 bridgehead atoms. The lowest BCUT2D eigenvalue weighted by molar-refractivity contribution is 0.296. The van der Waals surface area contributed by atoms with E-state index in [0.717, 1.165) is 45.8 Å². The van der Waals surface area contributed by atoms with Crippen LogP contribution in [0.25, 0.3) is 61.7 Å². The van der Waals surface area contributed by atoms with Crippen LogP contribution in [-0.4, -0.2) is 19.5 Å². The average Bonchev–Trinajstić information content (AvgIpc) is 3.66. The normalized spacial score (nSPS) is 22.6. The van der Waals surface area contributed by atoms with Gasteiger partial charge in [-0.15, -0.1) is 0 Å². The third-order valence-corrected chi connectivity index (χ3v) is 12.4. The molecule has 5 aromatic carbocycles. The van der Waals surface area contributed by atoms with Gasteiger partial charge in [0.2, 0.25) is 5.95 Å². The molecule has 11 rings (SSSR count). The molecule has 0 N–H and O–H groups in total. The van der Waals surface area contributed by atoms with Gasteiger partial charge in [-0.1, -0.05) is 105 Å². The van der Waals surface area contributed by atoms with Gasteiger partial charge >= 0.3 is 0 Å². The minimum absolute atomic E-state index is 0.104. The summed E-state index contributed by atoms with van der Waals surface area (Å²) in [5.41, 5.74) is 13.2. The third-order valence-electron chi connectivity index (χ3n) is 12.4. The summed E-state index contributed by atoms with van der Waals surface area (Å²) in [5.74, 6) is 5.34. The molecular formula is C44H36N4. The van der Waals surface area contributed by atoms with Crippen LogP contribution in [0.5, 0.6) is 0 Å². The van der Waals surface area contributed by atoms with E-state index in [1.54, 1.807) is 11.1 Å². The summed E-state index contributed by atoms with van der Waals surface area (Å²) >= 11 is 0.